The maximum absolute atomic E-state index is 14.5. The van der Waals surface area contributed by atoms with E-state index in [2.05, 4.69) is 13.8 Å². The van der Waals surface area contributed by atoms with Gasteiger partial charge in [-0.25, -0.2) is 9.37 Å². The summed E-state index contributed by atoms with van der Waals surface area (Å²) in [5, 5.41) is 0.553. The molecule has 1 unspecified atom stereocenters. The predicted molar refractivity (Wildman–Crippen MR) is 122 cm³/mol. The highest BCUT2D eigenvalue weighted by Gasteiger charge is 2.30. The first kappa shape index (κ1) is 22.7. The largest absolute Gasteiger partial charge is 0.328 e. The van der Waals surface area contributed by atoms with E-state index < -0.39 is 11.9 Å². The first-order chi connectivity index (χ1) is 14.9. The number of hydrogen-bond donors (Lipinski definition) is 0. The lowest BCUT2D eigenvalue weighted by Crippen LogP contribution is -2.40. The topological polar surface area (TPSA) is 55.2 Å². The number of carbonyl (C=O) groups is 1. The Balaban J connectivity index is 2.16. The molecule has 3 rings (SSSR count). The molecule has 0 fully saturated rings. The van der Waals surface area contributed by atoms with E-state index >= 15 is 0 Å². The molecule has 6 heteroatoms. The maximum Gasteiger partial charge on any atom is 0.261 e. The lowest BCUT2D eigenvalue weighted by atomic mass is 10.0. The van der Waals surface area contributed by atoms with Crippen molar-refractivity contribution in [1.82, 2.24) is 14.5 Å². The minimum Gasteiger partial charge on any atom is -0.328 e. The molecule has 164 valence electrons. The lowest BCUT2D eigenvalue weighted by Gasteiger charge is -2.33. The van der Waals surface area contributed by atoms with Crippen LogP contribution in [0.3, 0.4) is 0 Å². The Bertz CT molecular complexity index is 1120. The molecule has 0 aliphatic rings. The van der Waals surface area contributed by atoms with Crippen LogP contribution in [0.1, 0.15) is 62.8 Å². The summed E-state index contributed by atoms with van der Waals surface area (Å²) in [6.07, 6.45) is 1.32. The Morgan fingerprint density at radius 3 is 2.42 bits per heavy atom. The number of benzene rings is 2. The van der Waals surface area contributed by atoms with Crippen molar-refractivity contribution in [3.8, 4) is 0 Å². The molecular formula is C25H30FN3O2. The van der Waals surface area contributed by atoms with Gasteiger partial charge in [0.25, 0.3) is 11.5 Å². The summed E-state index contributed by atoms with van der Waals surface area (Å²) < 4.78 is 16.1. The fourth-order valence-electron chi connectivity index (χ4n) is 3.87. The number of nitrogens with zero attached hydrogens (tertiary/aromatic N) is 3. The molecule has 2 aromatic carbocycles. The Morgan fingerprint density at radius 2 is 1.77 bits per heavy atom. The quantitative estimate of drug-likeness (QED) is 0.501. The van der Waals surface area contributed by atoms with Gasteiger partial charge in [0.05, 0.1) is 22.5 Å². The molecule has 0 radical (unpaired) electrons. The second kappa shape index (κ2) is 9.86. The summed E-state index contributed by atoms with van der Waals surface area (Å²) in [5.41, 5.74) is 0.521. The third-order valence-corrected chi connectivity index (χ3v) is 5.58. The average Bonchev–Trinajstić information content (AvgIpc) is 2.76. The molecule has 5 nitrogen and oxygen atoms in total. The predicted octanol–water partition coefficient (Wildman–Crippen LogP) is 5.20. The fraction of sp³-hybridized carbons (Fsp3) is 0.400. The molecule has 0 aliphatic carbocycles. The highest BCUT2D eigenvalue weighted by atomic mass is 19.1. The molecule has 31 heavy (non-hydrogen) atoms. The van der Waals surface area contributed by atoms with Crippen molar-refractivity contribution in [3.63, 3.8) is 0 Å². The first-order valence-corrected chi connectivity index (χ1v) is 10.9. The molecule has 0 saturated heterocycles. The van der Waals surface area contributed by atoms with Gasteiger partial charge < -0.3 is 4.90 Å². The van der Waals surface area contributed by atoms with Crippen molar-refractivity contribution < 1.29 is 9.18 Å². The summed E-state index contributed by atoms with van der Waals surface area (Å²) in [6.45, 7) is 8.92. The monoisotopic (exact) mass is 423 g/mol. The standard InChI is InChI=1S/C25H30FN3O2/c1-5-22(23-27-21-14-10-8-12-19(21)25(31)28(23)6-2)29(16-15-17(3)4)24(30)18-11-7-9-13-20(18)26/h7-14,17,22H,5-6,15-16H2,1-4H3. The molecule has 0 saturated carbocycles. The zero-order valence-corrected chi connectivity index (χ0v) is 18.6. The Labute approximate surface area is 182 Å². The normalized spacial score (nSPS) is 12.3. The fourth-order valence-corrected chi connectivity index (χ4v) is 3.87. The maximum atomic E-state index is 14.5. The van der Waals surface area contributed by atoms with E-state index in [0.717, 1.165) is 6.42 Å². The summed E-state index contributed by atoms with van der Waals surface area (Å²) in [4.78, 5) is 33.1. The number of amides is 1. The van der Waals surface area contributed by atoms with Gasteiger partial charge in [-0.05, 0) is 49.9 Å². The number of para-hydroxylation sites is 1. The van der Waals surface area contributed by atoms with Crippen LogP contribution in [0.15, 0.2) is 53.3 Å². The second-order valence-electron chi connectivity index (χ2n) is 8.12. The molecule has 1 aromatic heterocycles. The Kier molecular flexibility index (Phi) is 7.21. The van der Waals surface area contributed by atoms with Crippen molar-refractivity contribution in [2.45, 2.75) is 53.1 Å². The van der Waals surface area contributed by atoms with Gasteiger partial charge in [0, 0.05) is 13.1 Å². The van der Waals surface area contributed by atoms with Crippen LogP contribution in [0.5, 0.6) is 0 Å². The number of halogens is 1. The van der Waals surface area contributed by atoms with Crippen LogP contribution in [0, 0.1) is 11.7 Å². The van der Waals surface area contributed by atoms with Crippen LogP contribution < -0.4 is 5.56 Å². The smallest absolute Gasteiger partial charge is 0.261 e. The zero-order chi connectivity index (χ0) is 22.5. The number of rotatable bonds is 8. The summed E-state index contributed by atoms with van der Waals surface area (Å²) in [7, 11) is 0. The van der Waals surface area contributed by atoms with Gasteiger partial charge in [0.1, 0.15) is 11.6 Å². The second-order valence-corrected chi connectivity index (χ2v) is 8.12. The highest BCUT2D eigenvalue weighted by Crippen LogP contribution is 2.27. The van der Waals surface area contributed by atoms with E-state index in [-0.39, 0.29) is 17.0 Å². The van der Waals surface area contributed by atoms with Gasteiger partial charge in [-0.15, -0.1) is 0 Å². The van der Waals surface area contributed by atoms with Crippen LogP contribution in [0.2, 0.25) is 0 Å². The van der Waals surface area contributed by atoms with Crippen LogP contribution in [-0.2, 0) is 6.54 Å². The van der Waals surface area contributed by atoms with Gasteiger partial charge in [0.15, 0.2) is 0 Å². The zero-order valence-electron chi connectivity index (χ0n) is 18.6. The van der Waals surface area contributed by atoms with E-state index in [4.69, 9.17) is 4.98 Å². The van der Waals surface area contributed by atoms with Crippen molar-refractivity contribution in [3.05, 3.63) is 76.1 Å². The van der Waals surface area contributed by atoms with E-state index in [1.165, 1.54) is 12.1 Å². The first-order valence-electron chi connectivity index (χ1n) is 10.9. The van der Waals surface area contributed by atoms with Gasteiger partial charge in [0.2, 0.25) is 0 Å². The highest BCUT2D eigenvalue weighted by molar-refractivity contribution is 5.94. The van der Waals surface area contributed by atoms with Gasteiger partial charge in [-0.3, -0.25) is 14.2 Å². The molecule has 0 N–H and O–H groups in total. The summed E-state index contributed by atoms with van der Waals surface area (Å²) >= 11 is 0. The third-order valence-electron chi connectivity index (χ3n) is 5.58. The number of hydrogen-bond acceptors (Lipinski definition) is 3. The number of fused-ring (bicyclic) bond motifs is 1. The van der Waals surface area contributed by atoms with Crippen LogP contribution in [0.25, 0.3) is 10.9 Å². The van der Waals surface area contributed by atoms with Crippen LogP contribution >= 0.6 is 0 Å². The molecule has 3 aromatic rings. The van der Waals surface area contributed by atoms with Crippen molar-refractivity contribution in [2.75, 3.05) is 6.54 Å². The molecule has 1 heterocycles. The van der Waals surface area contributed by atoms with Gasteiger partial charge in [-0.1, -0.05) is 45.0 Å². The van der Waals surface area contributed by atoms with E-state index in [0.29, 0.717) is 42.2 Å². The third kappa shape index (κ3) is 4.68. The van der Waals surface area contributed by atoms with Crippen molar-refractivity contribution in [1.29, 1.82) is 0 Å². The lowest BCUT2D eigenvalue weighted by molar-refractivity contribution is 0.0641. The van der Waals surface area contributed by atoms with E-state index in [1.807, 2.05) is 32.0 Å². The Hall–Kier alpha value is -3.02. The van der Waals surface area contributed by atoms with Crippen molar-refractivity contribution >= 4 is 16.8 Å². The number of carbonyl (C=O) groups excluding carboxylic acids is 1. The average molecular weight is 424 g/mol. The minimum atomic E-state index is -0.545. The Morgan fingerprint density at radius 1 is 1.10 bits per heavy atom. The molecular weight excluding hydrogens is 393 g/mol. The van der Waals surface area contributed by atoms with Crippen LogP contribution in [0.4, 0.5) is 4.39 Å². The summed E-state index contributed by atoms with van der Waals surface area (Å²) in [5.74, 6) is -0.0135. The molecule has 1 amide bonds. The van der Waals surface area contributed by atoms with Gasteiger partial charge >= 0.3 is 0 Å². The van der Waals surface area contributed by atoms with E-state index in [1.54, 1.807) is 27.7 Å². The van der Waals surface area contributed by atoms with Crippen LogP contribution in [-0.4, -0.2) is 26.9 Å². The minimum absolute atomic E-state index is 0.0379. The van der Waals surface area contributed by atoms with Crippen molar-refractivity contribution in [2.24, 2.45) is 5.92 Å². The molecule has 0 spiro atoms. The SMILES string of the molecule is CCC(c1nc2ccccc2c(=O)n1CC)N(CCC(C)C)C(=O)c1ccccc1F. The summed E-state index contributed by atoms with van der Waals surface area (Å²) in [6, 6.07) is 12.8. The molecule has 1 atom stereocenters. The van der Waals surface area contributed by atoms with E-state index in [9.17, 15) is 14.0 Å². The number of aromatic nitrogens is 2. The van der Waals surface area contributed by atoms with Gasteiger partial charge in [-0.2, -0.15) is 0 Å². The molecule has 0 bridgehead atoms. The molecule has 0 aliphatic heterocycles.